The average molecular weight is 341 g/mol. The zero-order valence-electron chi connectivity index (χ0n) is 14.5. The van der Waals surface area contributed by atoms with Crippen molar-refractivity contribution in [3.8, 4) is 5.75 Å². The Balaban J connectivity index is 1.37. The number of aromatic nitrogens is 2. The summed E-state index contributed by atoms with van der Waals surface area (Å²) in [5, 5.41) is 7.03. The van der Waals surface area contributed by atoms with E-state index in [1.165, 1.54) is 24.0 Å². The summed E-state index contributed by atoms with van der Waals surface area (Å²) in [5.74, 6) is 1.69. The van der Waals surface area contributed by atoms with Crippen molar-refractivity contribution in [3.63, 3.8) is 0 Å². The molecule has 0 atom stereocenters. The lowest BCUT2D eigenvalue weighted by Gasteiger charge is -2.39. The lowest BCUT2D eigenvalue weighted by molar-refractivity contribution is -0.126. The predicted molar refractivity (Wildman–Crippen MR) is 91.3 cm³/mol. The van der Waals surface area contributed by atoms with E-state index in [0.717, 1.165) is 37.9 Å². The predicted octanol–water partition coefficient (Wildman–Crippen LogP) is 2.83. The maximum absolute atomic E-state index is 12.4. The van der Waals surface area contributed by atoms with Gasteiger partial charge in [0.15, 0.2) is 12.4 Å². The van der Waals surface area contributed by atoms with Crippen LogP contribution in [0.4, 0.5) is 0 Å². The topological polar surface area (TPSA) is 77.2 Å². The highest BCUT2D eigenvalue weighted by Gasteiger charge is 2.44. The first-order chi connectivity index (χ1) is 12.1. The number of carbonyl (C=O) groups is 1. The number of fused-ring (bicyclic) bond motifs is 1. The molecule has 25 heavy (non-hydrogen) atoms. The lowest BCUT2D eigenvalue weighted by atomic mass is 9.76. The molecule has 6 nitrogen and oxygen atoms in total. The molecule has 1 N–H and O–H groups in total. The van der Waals surface area contributed by atoms with Crippen LogP contribution in [0.15, 0.2) is 22.7 Å². The molecule has 1 amide bonds. The van der Waals surface area contributed by atoms with E-state index < -0.39 is 5.54 Å². The van der Waals surface area contributed by atoms with Gasteiger partial charge in [0.2, 0.25) is 5.89 Å². The van der Waals surface area contributed by atoms with Gasteiger partial charge in [-0.05, 0) is 68.2 Å². The number of ether oxygens (including phenoxy) is 1. The van der Waals surface area contributed by atoms with E-state index in [0.29, 0.717) is 11.7 Å². The quantitative estimate of drug-likeness (QED) is 0.905. The van der Waals surface area contributed by atoms with E-state index in [9.17, 15) is 4.79 Å². The molecule has 2 aromatic rings. The molecule has 2 aliphatic rings. The van der Waals surface area contributed by atoms with Gasteiger partial charge >= 0.3 is 0 Å². The first kappa shape index (κ1) is 16.1. The normalized spacial score (nSPS) is 18.1. The largest absolute Gasteiger partial charge is 0.484 e. The molecular formula is C19H23N3O3. The van der Waals surface area contributed by atoms with Crippen molar-refractivity contribution in [2.75, 3.05) is 6.61 Å². The number of amides is 1. The molecule has 0 spiro atoms. The summed E-state index contributed by atoms with van der Waals surface area (Å²) in [6.07, 6.45) is 7.42. The molecule has 0 radical (unpaired) electrons. The van der Waals surface area contributed by atoms with Gasteiger partial charge < -0.3 is 14.6 Å². The molecule has 0 unspecified atom stereocenters. The van der Waals surface area contributed by atoms with Gasteiger partial charge in [-0.1, -0.05) is 11.2 Å². The zero-order valence-corrected chi connectivity index (χ0v) is 14.5. The first-order valence-corrected chi connectivity index (χ1v) is 9.01. The minimum Gasteiger partial charge on any atom is -0.484 e. The average Bonchev–Trinajstić information content (AvgIpc) is 3.02. The number of hydrogen-bond acceptors (Lipinski definition) is 5. The Kier molecular flexibility index (Phi) is 4.19. The number of carbonyl (C=O) groups excluding carboxylic acids is 1. The second kappa shape index (κ2) is 6.50. The Morgan fingerprint density at radius 3 is 2.72 bits per heavy atom. The van der Waals surface area contributed by atoms with Crippen LogP contribution in [0, 0.1) is 6.92 Å². The molecule has 132 valence electrons. The van der Waals surface area contributed by atoms with Crippen LogP contribution in [-0.4, -0.2) is 22.7 Å². The lowest BCUT2D eigenvalue weighted by Crippen LogP contribution is -2.52. The summed E-state index contributed by atoms with van der Waals surface area (Å²) in [7, 11) is 0. The minimum absolute atomic E-state index is 0.00261. The van der Waals surface area contributed by atoms with Gasteiger partial charge in [0.1, 0.15) is 11.3 Å². The maximum atomic E-state index is 12.4. The van der Waals surface area contributed by atoms with Crippen LogP contribution in [0.25, 0.3) is 0 Å². The van der Waals surface area contributed by atoms with Crippen LogP contribution < -0.4 is 10.1 Å². The Labute approximate surface area is 147 Å². The summed E-state index contributed by atoms with van der Waals surface area (Å²) >= 11 is 0. The van der Waals surface area contributed by atoms with Crippen LogP contribution in [0.2, 0.25) is 0 Å². The molecule has 6 heteroatoms. The summed E-state index contributed by atoms with van der Waals surface area (Å²) < 4.78 is 10.8. The number of aryl methyl sites for hydroxylation is 3. The molecule has 0 bridgehead atoms. The highest BCUT2D eigenvalue weighted by Crippen LogP contribution is 2.39. The van der Waals surface area contributed by atoms with Crippen molar-refractivity contribution in [1.29, 1.82) is 0 Å². The van der Waals surface area contributed by atoms with Gasteiger partial charge in [0.05, 0.1) is 0 Å². The molecule has 2 aliphatic carbocycles. The van der Waals surface area contributed by atoms with Gasteiger partial charge in [0, 0.05) is 6.92 Å². The third-order valence-electron chi connectivity index (χ3n) is 5.23. The fraction of sp³-hybridized carbons (Fsp3) is 0.526. The number of hydrogen-bond donors (Lipinski definition) is 1. The van der Waals surface area contributed by atoms with Crippen LogP contribution in [0.1, 0.15) is 54.9 Å². The van der Waals surface area contributed by atoms with Gasteiger partial charge in [-0.3, -0.25) is 4.79 Å². The van der Waals surface area contributed by atoms with Crippen molar-refractivity contribution in [2.45, 2.75) is 57.4 Å². The Bertz CT molecular complexity index is 780. The van der Waals surface area contributed by atoms with E-state index >= 15 is 0 Å². The van der Waals surface area contributed by atoms with Gasteiger partial charge in [-0.15, -0.1) is 0 Å². The van der Waals surface area contributed by atoms with E-state index in [4.69, 9.17) is 9.26 Å². The second-order valence-electron chi connectivity index (χ2n) is 7.05. The Morgan fingerprint density at radius 1 is 1.24 bits per heavy atom. The highest BCUT2D eigenvalue weighted by atomic mass is 16.5. The van der Waals surface area contributed by atoms with Gasteiger partial charge in [0.25, 0.3) is 5.91 Å². The maximum Gasteiger partial charge on any atom is 0.258 e. The zero-order chi connectivity index (χ0) is 17.3. The Hall–Kier alpha value is -2.37. The highest BCUT2D eigenvalue weighted by molar-refractivity contribution is 5.78. The van der Waals surface area contributed by atoms with Crippen LogP contribution in [-0.2, 0) is 23.2 Å². The molecule has 1 aromatic carbocycles. The van der Waals surface area contributed by atoms with Crippen LogP contribution in [0.3, 0.4) is 0 Å². The number of nitrogens with one attached hydrogen (secondary N) is 1. The smallest absolute Gasteiger partial charge is 0.258 e. The third-order valence-corrected chi connectivity index (χ3v) is 5.23. The number of nitrogens with zero attached hydrogens (tertiary/aromatic N) is 2. The van der Waals surface area contributed by atoms with Gasteiger partial charge in [-0.2, -0.15) is 4.98 Å². The SMILES string of the molecule is Cc1nc(C2(NC(=O)COc3ccc4c(c3)CCCC4)CCC2)no1. The van der Waals surface area contributed by atoms with E-state index in [2.05, 4.69) is 27.6 Å². The minimum atomic E-state index is -0.492. The summed E-state index contributed by atoms with van der Waals surface area (Å²) in [6.45, 7) is 1.75. The molecule has 1 saturated carbocycles. The fourth-order valence-electron chi connectivity index (χ4n) is 3.68. The first-order valence-electron chi connectivity index (χ1n) is 9.01. The fourth-order valence-corrected chi connectivity index (χ4v) is 3.68. The molecule has 1 heterocycles. The Morgan fingerprint density at radius 2 is 2.04 bits per heavy atom. The van der Waals surface area contributed by atoms with Crippen LogP contribution >= 0.6 is 0 Å². The molecule has 0 aliphatic heterocycles. The number of rotatable bonds is 5. The van der Waals surface area contributed by atoms with E-state index in [1.807, 2.05) is 6.07 Å². The van der Waals surface area contributed by atoms with Crippen molar-refractivity contribution in [3.05, 3.63) is 41.0 Å². The molecule has 1 aromatic heterocycles. The standard InChI is InChI=1S/C19H23N3O3/c1-13-20-18(22-25-13)19(9-4-10-19)21-17(23)12-24-16-8-7-14-5-2-3-6-15(14)11-16/h7-8,11H,2-6,9-10,12H2,1H3,(H,21,23). The molecule has 1 fully saturated rings. The van der Waals surface area contributed by atoms with Crippen LogP contribution in [0.5, 0.6) is 5.75 Å². The summed E-state index contributed by atoms with van der Waals surface area (Å²) in [5.41, 5.74) is 2.26. The van der Waals surface area contributed by atoms with Crippen molar-refractivity contribution < 1.29 is 14.1 Å². The van der Waals surface area contributed by atoms with Crippen molar-refractivity contribution in [1.82, 2.24) is 15.5 Å². The summed E-state index contributed by atoms with van der Waals surface area (Å²) in [4.78, 5) is 16.7. The monoisotopic (exact) mass is 341 g/mol. The molecular weight excluding hydrogens is 318 g/mol. The van der Waals surface area contributed by atoms with Crippen molar-refractivity contribution >= 4 is 5.91 Å². The van der Waals surface area contributed by atoms with E-state index in [1.54, 1.807) is 6.92 Å². The molecule has 4 rings (SSSR count). The van der Waals surface area contributed by atoms with Gasteiger partial charge in [-0.25, -0.2) is 0 Å². The number of benzene rings is 1. The second-order valence-corrected chi connectivity index (χ2v) is 7.05. The van der Waals surface area contributed by atoms with Crippen molar-refractivity contribution in [2.24, 2.45) is 0 Å². The summed E-state index contributed by atoms with van der Waals surface area (Å²) in [6, 6.07) is 6.15. The third kappa shape index (κ3) is 3.25. The molecule has 0 saturated heterocycles. The van der Waals surface area contributed by atoms with E-state index in [-0.39, 0.29) is 12.5 Å².